The maximum absolute atomic E-state index is 12.1. The molecule has 0 aliphatic rings. The second-order valence-electron chi connectivity index (χ2n) is 5.49. The first-order chi connectivity index (χ1) is 11.9. The van der Waals surface area contributed by atoms with Crippen molar-refractivity contribution in [1.29, 1.82) is 0 Å². The molecule has 132 valence electrons. The topological polar surface area (TPSA) is 123 Å². The van der Waals surface area contributed by atoms with E-state index in [0.29, 0.717) is 11.5 Å². The third-order valence-electron chi connectivity index (χ3n) is 3.04. The van der Waals surface area contributed by atoms with E-state index >= 15 is 0 Å². The van der Waals surface area contributed by atoms with E-state index < -0.39 is 24.0 Å². The first-order valence-electron chi connectivity index (χ1n) is 7.55. The molecule has 9 nitrogen and oxygen atoms in total. The Morgan fingerprint density at radius 2 is 1.80 bits per heavy atom. The van der Waals surface area contributed by atoms with Gasteiger partial charge < -0.3 is 14.5 Å². The van der Waals surface area contributed by atoms with E-state index in [9.17, 15) is 14.4 Å². The van der Waals surface area contributed by atoms with Crippen molar-refractivity contribution in [2.75, 3.05) is 0 Å². The number of esters is 1. The summed E-state index contributed by atoms with van der Waals surface area (Å²) < 4.78 is 10.1. The van der Waals surface area contributed by atoms with Gasteiger partial charge in [-0.2, -0.15) is 0 Å². The molecule has 0 saturated carbocycles. The van der Waals surface area contributed by atoms with Crippen LogP contribution in [0.1, 0.15) is 31.1 Å². The van der Waals surface area contributed by atoms with Crippen LogP contribution in [0, 0.1) is 0 Å². The number of rotatable bonds is 5. The van der Waals surface area contributed by atoms with Crippen molar-refractivity contribution in [3.8, 4) is 11.5 Å². The lowest BCUT2D eigenvalue weighted by Gasteiger charge is -2.14. The summed E-state index contributed by atoms with van der Waals surface area (Å²) in [5, 5.41) is 11.9. The summed E-state index contributed by atoms with van der Waals surface area (Å²) in [5.74, 6) is -1.08. The van der Waals surface area contributed by atoms with Crippen LogP contribution in [-0.4, -0.2) is 40.3 Å². The average molecular weight is 346 g/mol. The first-order valence-corrected chi connectivity index (χ1v) is 7.55. The lowest BCUT2D eigenvalue weighted by molar-refractivity contribution is -0.127. The number of aromatic nitrogens is 2. The quantitative estimate of drug-likeness (QED) is 0.787. The number of urea groups is 1. The number of nitrogens with zero attached hydrogens (tertiary/aromatic N) is 2. The van der Waals surface area contributed by atoms with Crippen LogP contribution in [-0.2, 0) is 9.53 Å². The Morgan fingerprint density at radius 3 is 2.36 bits per heavy atom. The van der Waals surface area contributed by atoms with Crippen LogP contribution in [0.15, 0.2) is 35.1 Å². The van der Waals surface area contributed by atoms with Gasteiger partial charge in [-0.25, -0.2) is 9.59 Å². The normalized spacial score (nSPS) is 11.7. The molecule has 2 aromatic rings. The van der Waals surface area contributed by atoms with Gasteiger partial charge in [-0.1, -0.05) is 0 Å². The molecule has 0 unspecified atom stereocenters. The van der Waals surface area contributed by atoms with Crippen LogP contribution < -0.4 is 10.6 Å². The number of ether oxygens (including phenoxy) is 1. The molecule has 1 atom stereocenters. The minimum absolute atomic E-state index is 0.122. The summed E-state index contributed by atoms with van der Waals surface area (Å²) in [7, 11) is 0. The van der Waals surface area contributed by atoms with Crippen LogP contribution in [0.3, 0.4) is 0 Å². The Bertz CT molecular complexity index is 740. The summed E-state index contributed by atoms with van der Waals surface area (Å²) >= 11 is 0. The Labute approximate surface area is 143 Å². The molecule has 0 radical (unpaired) electrons. The fourth-order valence-corrected chi connectivity index (χ4v) is 1.84. The highest BCUT2D eigenvalue weighted by Crippen LogP contribution is 2.17. The number of amides is 3. The highest BCUT2D eigenvalue weighted by atomic mass is 16.5. The molecule has 2 N–H and O–H groups in total. The second-order valence-corrected chi connectivity index (χ2v) is 5.49. The highest BCUT2D eigenvalue weighted by Gasteiger charge is 2.21. The van der Waals surface area contributed by atoms with Gasteiger partial charge in [0.15, 0.2) is 6.10 Å². The molecule has 3 amide bonds. The predicted octanol–water partition coefficient (Wildman–Crippen LogP) is 1.52. The van der Waals surface area contributed by atoms with E-state index in [1.54, 1.807) is 26.0 Å². The molecular formula is C16H18N4O5. The Kier molecular flexibility index (Phi) is 5.83. The van der Waals surface area contributed by atoms with Gasteiger partial charge in [0.1, 0.15) is 0 Å². The molecule has 1 aromatic heterocycles. The molecule has 0 bridgehead atoms. The van der Waals surface area contributed by atoms with E-state index in [-0.39, 0.29) is 11.6 Å². The number of imide groups is 1. The number of benzene rings is 1. The minimum Gasteiger partial charge on any atom is -0.449 e. The number of nitrogens with one attached hydrogen (secondary N) is 2. The van der Waals surface area contributed by atoms with Gasteiger partial charge in [0.25, 0.3) is 5.91 Å². The largest absolute Gasteiger partial charge is 0.449 e. The molecule has 2 rings (SSSR count). The third kappa shape index (κ3) is 5.13. The van der Waals surface area contributed by atoms with Gasteiger partial charge in [-0.15, -0.1) is 10.2 Å². The first kappa shape index (κ1) is 18.1. The van der Waals surface area contributed by atoms with Gasteiger partial charge in [0, 0.05) is 11.6 Å². The Morgan fingerprint density at radius 1 is 1.12 bits per heavy atom. The van der Waals surface area contributed by atoms with E-state index in [0.717, 1.165) is 0 Å². The van der Waals surface area contributed by atoms with Crippen molar-refractivity contribution in [2.24, 2.45) is 0 Å². The molecule has 0 aliphatic carbocycles. The maximum Gasteiger partial charge on any atom is 0.338 e. The van der Waals surface area contributed by atoms with Gasteiger partial charge >= 0.3 is 12.0 Å². The Hall–Kier alpha value is -3.23. The van der Waals surface area contributed by atoms with Crippen molar-refractivity contribution >= 4 is 17.9 Å². The fourth-order valence-electron chi connectivity index (χ4n) is 1.84. The standard InChI is InChI=1S/C16H18N4O5/c1-9(2)18-16(23)19-13(21)10(3)25-15(22)12-6-4-11(5-7-12)14-20-17-8-24-14/h4-10H,1-3H3,(H2,18,19,21,23)/t10-/m0/s1. The van der Waals surface area contributed by atoms with Crippen molar-refractivity contribution in [2.45, 2.75) is 32.9 Å². The summed E-state index contributed by atoms with van der Waals surface area (Å²) in [5.41, 5.74) is 0.889. The van der Waals surface area contributed by atoms with Gasteiger partial charge in [0.2, 0.25) is 12.3 Å². The molecule has 1 heterocycles. The van der Waals surface area contributed by atoms with E-state index in [2.05, 4.69) is 20.8 Å². The number of carbonyl (C=O) groups excluding carboxylic acids is 3. The molecule has 1 aromatic carbocycles. The molecule has 0 aliphatic heterocycles. The minimum atomic E-state index is -1.12. The molecule has 0 saturated heterocycles. The molecule has 0 spiro atoms. The highest BCUT2D eigenvalue weighted by molar-refractivity contribution is 5.98. The van der Waals surface area contributed by atoms with Crippen LogP contribution >= 0.6 is 0 Å². The zero-order valence-electron chi connectivity index (χ0n) is 14.0. The van der Waals surface area contributed by atoms with Crippen molar-refractivity contribution in [3.05, 3.63) is 36.2 Å². The van der Waals surface area contributed by atoms with E-state index in [4.69, 9.17) is 9.15 Å². The fraction of sp³-hybridized carbons (Fsp3) is 0.312. The van der Waals surface area contributed by atoms with Crippen LogP contribution in [0.4, 0.5) is 4.79 Å². The lowest BCUT2D eigenvalue weighted by Crippen LogP contribution is -2.46. The molecule has 25 heavy (non-hydrogen) atoms. The zero-order chi connectivity index (χ0) is 18.4. The van der Waals surface area contributed by atoms with Crippen molar-refractivity contribution in [3.63, 3.8) is 0 Å². The third-order valence-corrected chi connectivity index (χ3v) is 3.04. The molecule has 0 fully saturated rings. The van der Waals surface area contributed by atoms with Gasteiger partial charge in [0.05, 0.1) is 5.56 Å². The van der Waals surface area contributed by atoms with Gasteiger partial charge in [-0.05, 0) is 45.0 Å². The second kappa shape index (κ2) is 8.04. The SMILES string of the molecule is CC(C)NC(=O)NC(=O)[C@H](C)OC(=O)c1ccc(-c2nnco2)cc1. The Balaban J connectivity index is 1.92. The molecular weight excluding hydrogens is 328 g/mol. The predicted molar refractivity (Wildman–Crippen MR) is 86.4 cm³/mol. The number of carbonyl (C=O) groups is 3. The number of hydrogen-bond acceptors (Lipinski definition) is 7. The van der Waals surface area contributed by atoms with Crippen LogP contribution in [0.5, 0.6) is 0 Å². The maximum atomic E-state index is 12.1. The zero-order valence-corrected chi connectivity index (χ0v) is 14.0. The van der Waals surface area contributed by atoms with Crippen molar-refractivity contribution < 1.29 is 23.5 Å². The summed E-state index contributed by atoms with van der Waals surface area (Å²) in [6, 6.07) is 5.49. The molecule has 9 heteroatoms. The summed E-state index contributed by atoms with van der Waals surface area (Å²) in [4.78, 5) is 35.4. The van der Waals surface area contributed by atoms with Crippen LogP contribution in [0.25, 0.3) is 11.5 Å². The van der Waals surface area contributed by atoms with Crippen molar-refractivity contribution in [1.82, 2.24) is 20.8 Å². The summed E-state index contributed by atoms with van der Waals surface area (Å²) in [6.45, 7) is 4.89. The monoisotopic (exact) mass is 346 g/mol. The van der Waals surface area contributed by atoms with Gasteiger partial charge in [-0.3, -0.25) is 10.1 Å². The summed E-state index contributed by atoms with van der Waals surface area (Å²) in [6.07, 6.45) is 0.0776. The number of hydrogen-bond donors (Lipinski definition) is 2. The average Bonchev–Trinajstić information content (AvgIpc) is 3.08. The lowest BCUT2D eigenvalue weighted by atomic mass is 10.1. The van der Waals surface area contributed by atoms with E-state index in [1.165, 1.54) is 25.5 Å². The van der Waals surface area contributed by atoms with E-state index in [1.807, 2.05) is 0 Å². The smallest absolute Gasteiger partial charge is 0.338 e. The van der Waals surface area contributed by atoms with Crippen LogP contribution in [0.2, 0.25) is 0 Å².